The summed E-state index contributed by atoms with van der Waals surface area (Å²) >= 11 is 0. The third-order valence-corrected chi connectivity index (χ3v) is 4.41. The molecule has 0 bridgehead atoms. The maximum Gasteiger partial charge on any atom is 0.411 e. The fourth-order valence-electron chi connectivity index (χ4n) is 2.95. The van der Waals surface area contributed by atoms with Crippen molar-refractivity contribution in [1.29, 1.82) is 0 Å². The number of aliphatic imine (C=N–C) groups is 1. The molecule has 0 saturated carbocycles. The second kappa shape index (κ2) is 10.8. The van der Waals surface area contributed by atoms with Gasteiger partial charge in [0.1, 0.15) is 12.3 Å². The smallest absolute Gasteiger partial charge is 0.367 e. The van der Waals surface area contributed by atoms with Gasteiger partial charge in [-0.25, -0.2) is 9.98 Å². The summed E-state index contributed by atoms with van der Waals surface area (Å²) in [5.74, 6) is 0.698. The van der Waals surface area contributed by atoms with Crippen LogP contribution in [0, 0.1) is 0 Å². The summed E-state index contributed by atoms with van der Waals surface area (Å²) in [5.41, 5.74) is 3.56. The summed E-state index contributed by atoms with van der Waals surface area (Å²) < 4.78 is 43.1. The molecule has 0 radical (unpaired) electrons. The number of nitrogens with zero attached hydrogens (tertiary/aromatic N) is 3. The van der Waals surface area contributed by atoms with Gasteiger partial charge in [0, 0.05) is 31.9 Å². The zero-order chi connectivity index (χ0) is 22.1. The topological polar surface area (TPSA) is 63.0 Å². The van der Waals surface area contributed by atoms with Gasteiger partial charge in [-0.15, -0.1) is 0 Å². The van der Waals surface area contributed by atoms with Crippen LogP contribution in [0.3, 0.4) is 0 Å². The number of alkyl halides is 3. The Kier molecular flexibility index (Phi) is 7.88. The molecule has 3 rings (SSSR count). The van der Waals surface area contributed by atoms with Crippen LogP contribution in [-0.2, 0) is 24.3 Å². The molecule has 0 unspecified atom stereocenters. The molecule has 0 aliphatic heterocycles. The molecule has 166 valence electrons. The van der Waals surface area contributed by atoms with Gasteiger partial charge in [-0.1, -0.05) is 30.3 Å². The summed E-state index contributed by atoms with van der Waals surface area (Å²) in [6.45, 7) is 2.55. The Morgan fingerprint density at radius 3 is 2.58 bits per heavy atom. The minimum Gasteiger partial charge on any atom is -0.367 e. The van der Waals surface area contributed by atoms with Crippen molar-refractivity contribution in [1.82, 2.24) is 20.0 Å². The van der Waals surface area contributed by atoms with Crippen molar-refractivity contribution < 1.29 is 17.9 Å². The highest BCUT2D eigenvalue weighted by Gasteiger charge is 2.27. The van der Waals surface area contributed by atoms with Gasteiger partial charge in [-0.3, -0.25) is 0 Å². The highest BCUT2D eigenvalue weighted by molar-refractivity contribution is 5.79. The van der Waals surface area contributed by atoms with Crippen molar-refractivity contribution in [3.05, 3.63) is 71.7 Å². The number of nitrogens with one attached hydrogen (secondary N) is 2. The fraction of sp³-hybridized carbons (Fsp3) is 0.364. The van der Waals surface area contributed by atoms with Gasteiger partial charge in [0.25, 0.3) is 0 Å². The molecule has 2 heterocycles. The van der Waals surface area contributed by atoms with Crippen LogP contribution in [0.2, 0.25) is 0 Å². The lowest BCUT2D eigenvalue weighted by Gasteiger charge is -2.11. The molecule has 0 saturated heterocycles. The Morgan fingerprint density at radius 1 is 1.10 bits per heavy atom. The van der Waals surface area contributed by atoms with Crippen LogP contribution in [0.25, 0.3) is 5.65 Å². The number of hydrogen-bond donors (Lipinski definition) is 2. The number of aromatic nitrogens is 2. The van der Waals surface area contributed by atoms with Gasteiger partial charge in [0.2, 0.25) is 0 Å². The number of halogens is 3. The van der Waals surface area contributed by atoms with Crippen molar-refractivity contribution in [2.45, 2.75) is 32.7 Å². The third-order valence-electron chi connectivity index (χ3n) is 4.41. The molecular weight excluding hydrogens is 407 g/mol. The van der Waals surface area contributed by atoms with Crippen LogP contribution in [0.1, 0.15) is 23.7 Å². The minimum absolute atomic E-state index is 0.0731. The predicted molar refractivity (Wildman–Crippen MR) is 114 cm³/mol. The standard InChI is InChI=1S/C22H26F3N5O/c1-2-26-21(27-11-10-19-14-30-12-4-3-5-20(30)29-19)28-13-17-6-8-18(9-7-17)15-31-16-22(23,24)25/h3-9,12,14H,2,10-11,13,15-16H2,1H3,(H2,26,27,28). The number of fused-ring (bicyclic) bond motifs is 1. The van der Waals surface area contributed by atoms with Gasteiger partial charge in [0.15, 0.2) is 5.96 Å². The van der Waals surface area contributed by atoms with Crippen LogP contribution in [0.5, 0.6) is 0 Å². The van der Waals surface area contributed by atoms with Gasteiger partial charge in [-0.05, 0) is 30.2 Å². The molecule has 3 aromatic rings. The average molecular weight is 433 g/mol. The molecule has 0 aliphatic rings. The predicted octanol–water partition coefficient (Wildman–Crippen LogP) is 3.71. The molecule has 6 nitrogen and oxygen atoms in total. The number of guanidine groups is 1. The molecule has 0 spiro atoms. The van der Waals surface area contributed by atoms with E-state index >= 15 is 0 Å². The maximum absolute atomic E-state index is 12.1. The van der Waals surface area contributed by atoms with E-state index < -0.39 is 12.8 Å². The number of ether oxygens (including phenoxy) is 1. The Hall–Kier alpha value is -3.07. The van der Waals surface area contributed by atoms with Gasteiger partial charge >= 0.3 is 6.18 Å². The fourth-order valence-corrected chi connectivity index (χ4v) is 2.95. The molecule has 0 aliphatic carbocycles. The Morgan fingerprint density at radius 2 is 1.87 bits per heavy atom. The lowest BCUT2D eigenvalue weighted by Crippen LogP contribution is -2.38. The van der Waals surface area contributed by atoms with Crippen molar-refractivity contribution in [2.24, 2.45) is 4.99 Å². The first-order valence-electron chi connectivity index (χ1n) is 10.1. The quantitative estimate of drug-likeness (QED) is 0.399. The van der Waals surface area contributed by atoms with Gasteiger partial charge in [0.05, 0.1) is 18.8 Å². The normalized spacial score (nSPS) is 12.3. The second-order valence-corrected chi connectivity index (χ2v) is 6.99. The van der Waals surface area contributed by atoms with Crippen LogP contribution < -0.4 is 10.6 Å². The molecule has 9 heteroatoms. The minimum atomic E-state index is -4.31. The molecular formula is C22H26F3N5O. The monoisotopic (exact) mass is 433 g/mol. The van der Waals surface area contributed by atoms with Crippen molar-refractivity contribution in [3.63, 3.8) is 0 Å². The van der Waals surface area contributed by atoms with E-state index in [-0.39, 0.29) is 6.61 Å². The van der Waals surface area contributed by atoms with Gasteiger partial charge < -0.3 is 19.8 Å². The molecule has 1 aromatic carbocycles. The zero-order valence-corrected chi connectivity index (χ0v) is 17.3. The summed E-state index contributed by atoms with van der Waals surface area (Å²) in [7, 11) is 0. The van der Waals surface area contributed by atoms with E-state index in [1.807, 2.05) is 54.0 Å². The largest absolute Gasteiger partial charge is 0.411 e. The molecule has 2 N–H and O–H groups in total. The Labute approximate surface area is 179 Å². The van der Waals surface area contributed by atoms with E-state index in [1.54, 1.807) is 12.1 Å². The van der Waals surface area contributed by atoms with E-state index in [9.17, 15) is 13.2 Å². The Balaban J connectivity index is 1.48. The number of rotatable bonds is 9. The third kappa shape index (κ3) is 7.60. The van der Waals surface area contributed by atoms with Gasteiger partial charge in [-0.2, -0.15) is 13.2 Å². The highest BCUT2D eigenvalue weighted by atomic mass is 19.4. The van der Waals surface area contributed by atoms with Crippen LogP contribution in [0.15, 0.2) is 59.9 Å². The number of imidazole rings is 1. The summed E-state index contributed by atoms with van der Waals surface area (Å²) in [5, 5.41) is 6.51. The number of pyridine rings is 1. The van der Waals surface area contributed by atoms with Crippen LogP contribution in [0.4, 0.5) is 13.2 Å². The second-order valence-electron chi connectivity index (χ2n) is 6.99. The number of hydrogen-bond acceptors (Lipinski definition) is 3. The molecule has 0 fully saturated rings. The molecule has 2 aromatic heterocycles. The Bertz CT molecular complexity index is 950. The van der Waals surface area contributed by atoms with E-state index in [1.165, 1.54) is 0 Å². The average Bonchev–Trinajstić information content (AvgIpc) is 3.15. The van der Waals surface area contributed by atoms with Crippen molar-refractivity contribution in [2.75, 3.05) is 19.7 Å². The van der Waals surface area contributed by atoms with E-state index in [2.05, 4.69) is 25.3 Å². The van der Waals surface area contributed by atoms with Crippen LogP contribution in [-0.4, -0.2) is 41.2 Å². The molecule has 0 amide bonds. The lowest BCUT2D eigenvalue weighted by molar-refractivity contribution is -0.176. The summed E-state index contributed by atoms with van der Waals surface area (Å²) in [6, 6.07) is 13.1. The van der Waals surface area contributed by atoms with E-state index in [0.29, 0.717) is 24.6 Å². The summed E-state index contributed by atoms with van der Waals surface area (Å²) in [6.07, 6.45) is 0.438. The van der Waals surface area contributed by atoms with E-state index in [4.69, 9.17) is 0 Å². The first-order chi connectivity index (χ1) is 14.9. The molecule has 0 atom stereocenters. The highest BCUT2D eigenvalue weighted by Crippen LogP contribution is 2.16. The first-order valence-corrected chi connectivity index (χ1v) is 10.1. The van der Waals surface area contributed by atoms with Crippen molar-refractivity contribution >= 4 is 11.6 Å². The maximum atomic E-state index is 12.1. The zero-order valence-electron chi connectivity index (χ0n) is 17.3. The summed E-state index contributed by atoms with van der Waals surface area (Å²) in [4.78, 5) is 9.15. The first kappa shape index (κ1) is 22.6. The number of benzene rings is 1. The SMILES string of the molecule is CCNC(=NCc1ccc(COCC(F)(F)F)cc1)NCCc1cn2ccccc2n1. The van der Waals surface area contributed by atoms with E-state index in [0.717, 1.165) is 29.9 Å². The van der Waals surface area contributed by atoms with Crippen LogP contribution >= 0.6 is 0 Å². The molecule has 31 heavy (non-hydrogen) atoms. The lowest BCUT2D eigenvalue weighted by atomic mass is 10.1. The van der Waals surface area contributed by atoms with Crippen molar-refractivity contribution in [3.8, 4) is 0 Å².